The second kappa shape index (κ2) is 6.86. The highest BCUT2D eigenvalue weighted by Crippen LogP contribution is 2.34. The standard InChI is InChI=1S/C17H19FN6O3/c1-9-19-16(23-22-9)10-3-2-4-24(7-10)17(26)20-11-5-12(18)15-13(6-11)21-14(25)8-27-15/h5-6,10H,2-4,7-8H2,1H3,(H,20,26)(H,21,25)(H,19,22,23)/t10-/m0/s1. The zero-order chi connectivity index (χ0) is 19.0. The molecule has 1 aromatic heterocycles. The van der Waals surface area contributed by atoms with Crippen LogP contribution in [0.5, 0.6) is 5.75 Å². The fraction of sp³-hybridized carbons (Fsp3) is 0.412. The first-order valence-electron chi connectivity index (χ1n) is 8.70. The summed E-state index contributed by atoms with van der Waals surface area (Å²) >= 11 is 0. The first-order valence-corrected chi connectivity index (χ1v) is 8.70. The first kappa shape index (κ1) is 17.3. The normalized spacial score (nSPS) is 19.1. The van der Waals surface area contributed by atoms with Crippen molar-refractivity contribution in [1.82, 2.24) is 20.1 Å². The summed E-state index contributed by atoms with van der Waals surface area (Å²) in [5.41, 5.74) is 0.451. The molecule has 0 spiro atoms. The van der Waals surface area contributed by atoms with Crippen LogP contribution in [0.1, 0.15) is 30.4 Å². The van der Waals surface area contributed by atoms with Crippen molar-refractivity contribution >= 4 is 23.3 Å². The van der Waals surface area contributed by atoms with E-state index in [1.165, 1.54) is 12.1 Å². The molecule has 0 radical (unpaired) electrons. The van der Waals surface area contributed by atoms with E-state index in [0.29, 0.717) is 18.9 Å². The van der Waals surface area contributed by atoms with Gasteiger partial charge in [-0.1, -0.05) is 0 Å². The number of aromatic nitrogens is 3. The van der Waals surface area contributed by atoms with Crippen LogP contribution >= 0.6 is 0 Å². The highest BCUT2D eigenvalue weighted by molar-refractivity contribution is 5.97. The maximum Gasteiger partial charge on any atom is 0.321 e. The van der Waals surface area contributed by atoms with E-state index in [-0.39, 0.29) is 41.6 Å². The number of rotatable bonds is 2. The molecule has 3 amide bonds. The van der Waals surface area contributed by atoms with Crippen molar-refractivity contribution in [3.8, 4) is 5.75 Å². The van der Waals surface area contributed by atoms with Crippen LogP contribution in [-0.2, 0) is 4.79 Å². The number of hydrogen-bond acceptors (Lipinski definition) is 5. The van der Waals surface area contributed by atoms with Crippen molar-refractivity contribution < 1.29 is 18.7 Å². The van der Waals surface area contributed by atoms with Crippen molar-refractivity contribution in [1.29, 1.82) is 0 Å². The van der Waals surface area contributed by atoms with Crippen LogP contribution in [0.4, 0.5) is 20.6 Å². The van der Waals surface area contributed by atoms with Crippen LogP contribution in [0.2, 0.25) is 0 Å². The summed E-state index contributed by atoms with van der Waals surface area (Å²) in [6.45, 7) is 2.68. The fourth-order valence-electron chi connectivity index (χ4n) is 3.35. The van der Waals surface area contributed by atoms with Crippen molar-refractivity contribution in [3.63, 3.8) is 0 Å². The number of fused-ring (bicyclic) bond motifs is 1. The Labute approximate surface area is 154 Å². The van der Waals surface area contributed by atoms with Crippen LogP contribution in [0.15, 0.2) is 12.1 Å². The monoisotopic (exact) mass is 374 g/mol. The maximum absolute atomic E-state index is 14.2. The quantitative estimate of drug-likeness (QED) is 0.744. The third-order valence-electron chi connectivity index (χ3n) is 4.60. The Morgan fingerprint density at radius 2 is 2.30 bits per heavy atom. The predicted molar refractivity (Wildman–Crippen MR) is 94.2 cm³/mol. The minimum absolute atomic E-state index is 0.0226. The molecule has 1 fully saturated rings. The number of H-pyrrole nitrogens is 1. The highest BCUT2D eigenvalue weighted by Gasteiger charge is 2.28. The van der Waals surface area contributed by atoms with Gasteiger partial charge in [0.15, 0.2) is 24.0 Å². The molecule has 0 unspecified atom stereocenters. The molecule has 27 heavy (non-hydrogen) atoms. The van der Waals surface area contributed by atoms with Crippen molar-refractivity contribution in [2.75, 3.05) is 30.3 Å². The number of nitrogens with zero attached hydrogens (tertiary/aromatic N) is 3. The number of aromatic amines is 1. The number of halogens is 1. The zero-order valence-corrected chi connectivity index (χ0v) is 14.7. The minimum Gasteiger partial charge on any atom is -0.478 e. The molecule has 10 heteroatoms. The summed E-state index contributed by atoms with van der Waals surface area (Å²) in [5.74, 6) is 0.458. The number of benzene rings is 1. The molecular formula is C17H19FN6O3. The van der Waals surface area contributed by atoms with Gasteiger partial charge in [0.1, 0.15) is 5.82 Å². The number of nitrogens with one attached hydrogen (secondary N) is 3. The van der Waals surface area contributed by atoms with Gasteiger partial charge >= 0.3 is 6.03 Å². The molecule has 4 rings (SSSR count). The van der Waals surface area contributed by atoms with Gasteiger partial charge in [-0.05, 0) is 25.8 Å². The Morgan fingerprint density at radius 1 is 1.44 bits per heavy atom. The number of hydrogen-bond donors (Lipinski definition) is 3. The largest absolute Gasteiger partial charge is 0.478 e. The van der Waals surface area contributed by atoms with E-state index in [9.17, 15) is 14.0 Å². The maximum atomic E-state index is 14.2. The summed E-state index contributed by atoms with van der Waals surface area (Å²) in [6.07, 6.45) is 1.73. The predicted octanol–water partition coefficient (Wildman–Crippen LogP) is 1.99. The third-order valence-corrected chi connectivity index (χ3v) is 4.60. The Bertz CT molecular complexity index is 899. The molecule has 0 bridgehead atoms. The van der Waals surface area contributed by atoms with E-state index in [0.717, 1.165) is 18.7 Å². The number of carbonyl (C=O) groups excluding carboxylic acids is 2. The van der Waals surface area contributed by atoms with Gasteiger partial charge in [0, 0.05) is 30.8 Å². The van der Waals surface area contributed by atoms with Gasteiger partial charge in [-0.3, -0.25) is 9.89 Å². The van der Waals surface area contributed by atoms with Gasteiger partial charge in [-0.25, -0.2) is 14.2 Å². The van der Waals surface area contributed by atoms with Gasteiger partial charge in [0.25, 0.3) is 5.91 Å². The molecule has 2 aromatic rings. The Balaban J connectivity index is 1.46. The minimum atomic E-state index is -0.643. The second-order valence-electron chi connectivity index (χ2n) is 6.67. The number of aryl methyl sites for hydroxylation is 1. The van der Waals surface area contributed by atoms with Crippen LogP contribution in [0.25, 0.3) is 0 Å². The van der Waals surface area contributed by atoms with E-state index in [1.54, 1.807) is 4.90 Å². The van der Waals surface area contributed by atoms with Gasteiger partial charge < -0.3 is 20.3 Å². The summed E-state index contributed by atoms with van der Waals surface area (Å²) < 4.78 is 19.3. The van der Waals surface area contributed by atoms with Gasteiger partial charge in [-0.15, -0.1) is 0 Å². The van der Waals surface area contributed by atoms with E-state index >= 15 is 0 Å². The molecule has 1 atom stereocenters. The number of ether oxygens (including phenoxy) is 1. The van der Waals surface area contributed by atoms with Crippen molar-refractivity contribution in [2.24, 2.45) is 0 Å². The molecule has 1 aromatic carbocycles. The molecule has 2 aliphatic rings. The van der Waals surface area contributed by atoms with Crippen LogP contribution in [0.3, 0.4) is 0 Å². The van der Waals surface area contributed by atoms with Crippen molar-refractivity contribution in [3.05, 3.63) is 29.6 Å². The summed E-state index contributed by atoms with van der Waals surface area (Å²) in [5, 5.41) is 12.2. The highest BCUT2D eigenvalue weighted by atomic mass is 19.1. The van der Waals surface area contributed by atoms with Crippen molar-refractivity contribution in [2.45, 2.75) is 25.7 Å². The van der Waals surface area contributed by atoms with E-state index < -0.39 is 5.82 Å². The number of amides is 3. The third kappa shape index (κ3) is 3.55. The smallest absolute Gasteiger partial charge is 0.321 e. The van der Waals surface area contributed by atoms with Gasteiger partial charge in [-0.2, -0.15) is 5.10 Å². The Morgan fingerprint density at radius 3 is 3.07 bits per heavy atom. The van der Waals surface area contributed by atoms with Crippen LogP contribution < -0.4 is 15.4 Å². The molecule has 0 aliphatic carbocycles. The van der Waals surface area contributed by atoms with E-state index in [4.69, 9.17) is 4.74 Å². The SMILES string of the molecule is Cc1nc([C@H]2CCCN(C(=O)Nc3cc(F)c4c(c3)NC(=O)CO4)C2)n[nH]1. The lowest BCUT2D eigenvalue weighted by atomic mass is 9.98. The number of anilines is 2. The molecule has 3 heterocycles. The first-order chi connectivity index (χ1) is 13.0. The summed E-state index contributed by atoms with van der Waals surface area (Å²) in [7, 11) is 0. The van der Waals surface area contributed by atoms with Gasteiger partial charge in [0.2, 0.25) is 0 Å². The van der Waals surface area contributed by atoms with Gasteiger partial charge in [0.05, 0.1) is 5.69 Å². The summed E-state index contributed by atoms with van der Waals surface area (Å²) in [6, 6.07) is 2.32. The zero-order valence-electron chi connectivity index (χ0n) is 14.7. The molecule has 142 valence electrons. The number of likely N-dealkylation sites (tertiary alicyclic amines) is 1. The molecule has 2 aliphatic heterocycles. The molecule has 0 saturated carbocycles. The molecule has 1 saturated heterocycles. The molecule has 3 N–H and O–H groups in total. The lowest BCUT2D eigenvalue weighted by molar-refractivity contribution is -0.118. The second-order valence-corrected chi connectivity index (χ2v) is 6.67. The number of piperidine rings is 1. The lowest BCUT2D eigenvalue weighted by Gasteiger charge is -2.31. The van der Waals surface area contributed by atoms with Crippen LogP contribution in [0, 0.1) is 12.7 Å². The van der Waals surface area contributed by atoms with E-state index in [2.05, 4.69) is 25.8 Å². The average Bonchev–Trinajstić information content (AvgIpc) is 3.08. The number of carbonyl (C=O) groups is 2. The molecular weight excluding hydrogens is 355 g/mol. The Kier molecular flexibility index (Phi) is 4.38. The topological polar surface area (TPSA) is 112 Å². The summed E-state index contributed by atoms with van der Waals surface area (Å²) in [4.78, 5) is 30.0. The Hall–Kier alpha value is -3.17. The van der Waals surface area contributed by atoms with Crippen LogP contribution in [-0.4, -0.2) is 51.7 Å². The molecule has 9 nitrogen and oxygen atoms in total. The fourth-order valence-corrected chi connectivity index (χ4v) is 3.35. The number of urea groups is 1. The lowest BCUT2D eigenvalue weighted by Crippen LogP contribution is -2.41. The average molecular weight is 374 g/mol. The van der Waals surface area contributed by atoms with E-state index in [1.807, 2.05) is 6.92 Å².